The van der Waals surface area contributed by atoms with E-state index in [1.807, 2.05) is 43.0 Å². The molecule has 1 unspecified atom stereocenters. The van der Waals surface area contributed by atoms with Crippen molar-refractivity contribution in [2.24, 2.45) is 0 Å². The SMILES string of the molecule is Cc1cc(C)nc(NC(=O)N2CCCCCC2c2ccco2)c1. The van der Waals surface area contributed by atoms with Crippen LogP contribution in [-0.2, 0) is 0 Å². The van der Waals surface area contributed by atoms with E-state index in [1.54, 1.807) is 6.26 Å². The molecule has 3 heterocycles. The van der Waals surface area contributed by atoms with Gasteiger partial charge in [-0.3, -0.25) is 5.32 Å². The van der Waals surface area contributed by atoms with Gasteiger partial charge in [0.25, 0.3) is 0 Å². The highest BCUT2D eigenvalue weighted by Crippen LogP contribution is 2.30. The van der Waals surface area contributed by atoms with Crippen molar-refractivity contribution in [1.82, 2.24) is 9.88 Å². The van der Waals surface area contributed by atoms with Crippen LogP contribution in [-0.4, -0.2) is 22.5 Å². The average molecular weight is 313 g/mol. The molecule has 0 radical (unpaired) electrons. The second-order valence-electron chi connectivity index (χ2n) is 6.18. The Kier molecular flexibility index (Phi) is 4.65. The summed E-state index contributed by atoms with van der Waals surface area (Å²) in [6, 6.07) is 7.61. The number of nitrogens with one attached hydrogen (secondary N) is 1. The summed E-state index contributed by atoms with van der Waals surface area (Å²) >= 11 is 0. The van der Waals surface area contributed by atoms with Crippen LogP contribution in [0.15, 0.2) is 34.9 Å². The number of anilines is 1. The second kappa shape index (κ2) is 6.86. The van der Waals surface area contributed by atoms with E-state index in [0.717, 1.165) is 49.2 Å². The van der Waals surface area contributed by atoms with E-state index in [-0.39, 0.29) is 12.1 Å². The van der Waals surface area contributed by atoms with Gasteiger partial charge in [-0.2, -0.15) is 0 Å². The maximum Gasteiger partial charge on any atom is 0.323 e. The van der Waals surface area contributed by atoms with Crippen LogP contribution in [0.3, 0.4) is 0 Å². The number of furan rings is 1. The fourth-order valence-electron chi connectivity index (χ4n) is 3.21. The molecule has 2 aromatic heterocycles. The van der Waals surface area contributed by atoms with Crippen molar-refractivity contribution in [2.75, 3.05) is 11.9 Å². The lowest BCUT2D eigenvalue weighted by Gasteiger charge is -2.28. The maximum atomic E-state index is 12.8. The maximum absolute atomic E-state index is 12.8. The highest BCUT2D eigenvalue weighted by Gasteiger charge is 2.28. The molecular weight excluding hydrogens is 290 g/mol. The number of likely N-dealkylation sites (tertiary alicyclic amines) is 1. The molecule has 0 saturated carbocycles. The van der Waals surface area contributed by atoms with Crippen LogP contribution in [0.4, 0.5) is 10.6 Å². The minimum atomic E-state index is -0.106. The Balaban J connectivity index is 1.80. The lowest BCUT2D eigenvalue weighted by molar-refractivity contribution is 0.179. The van der Waals surface area contributed by atoms with Crippen molar-refractivity contribution in [2.45, 2.75) is 45.6 Å². The number of pyridine rings is 1. The smallest absolute Gasteiger partial charge is 0.323 e. The minimum Gasteiger partial charge on any atom is -0.467 e. The highest BCUT2D eigenvalue weighted by atomic mass is 16.3. The molecule has 0 aromatic carbocycles. The third-order valence-corrected chi connectivity index (χ3v) is 4.22. The number of urea groups is 1. The van der Waals surface area contributed by atoms with Gasteiger partial charge in [0.05, 0.1) is 12.3 Å². The number of rotatable bonds is 2. The van der Waals surface area contributed by atoms with Gasteiger partial charge in [0.2, 0.25) is 0 Å². The lowest BCUT2D eigenvalue weighted by atomic mass is 10.1. The largest absolute Gasteiger partial charge is 0.467 e. The van der Waals surface area contributed by atoms with Crippen LogP contribution >= 0.6 is 0 Å². The Bertz CT molecular complexity index is 647. The molecule has 0 aliphatic carbocycles. The first-order chi connectivity index (χ1) is 11.1. The van der Waals surface area contributed by atoms with E-state index in [1.165, 1.54) is 0 Å². The minimum absolute atomic E-state index is 0.00148. The van der Waals surface area contributed by atoms with E-state index in [9.17, 15) is 4.79 Å². The molecule has 1 aliphatic heterocycles. The topological polar surface area (TPSA) is 58.4 Å². The van der Waals surface area contributed by atoms with Crippen molar-refractivity contribution < 1.29 is 9.21 Å². The number of carbonyl (C=O) groups is 1. The standard InChI is InChI=1S/C18H23N3O2/c1-13-11-14(2)19-17(12-13)20-18(22)21-9-5-3-4-7-15(21)16-8-6-10-23-16/h6,8,10-12,15H,3-5,7,9H2,1-2H3,(H,19,20,22). The Morgan fingerprint density at radius 3 is 2.91 bits per heavy atom. The van der Waals surface area contributed by atoms with E-state index in [2.05, 4.69) is 10.3 Å². The van der Waals surface area contributed by atoms with Gasteiger partial charge in [-0.25, -0.2) is 9.78 Å². The predicted molar refractivity (Wildman–Crippen MR) is 89.4 cm³/mol. The summed E-state index contributed by atoms with van der Waals surface area (Å²) in [5.41, 5.74) is 1.99. The predicted octanol–water partition coefficient (Wildman–Crippen LogP) is 4.44. The number of nitrogens with zero attached hydrogens (tertiary/aromatic N) is 2. The van der Waals surface area contributed by atoms with E-state index in [4.69, 9.17) is 4.42 Å². The molecule has 1 N–H and O–H groups in total. The zero-order chi connectivity index (χ0) is 16.2. The molecule has 23 heavy (non-hydrogen) atoms. The third-order valence-electron chi connectivity index (χ3n) is 4.22. The highest BCUT2D eigenvalue weighted by molar-refractivity contribution is 5.88. The quantitative estimate of drug-likeness (QED) is 0.891. The van der Waals surface area contributed by atoms with E-state index >= 15 is 0 Å². The van der Waals surface area contributed by atoms with Gasteiger partial charge in [0.1, 0.15) is 11.6 Å². The Morgan fingerprint density at radius 2 is 2.17 bits per heavy atom. The van der Waals surface area contributed by atoms with Gasteiger partial charge >= 0.3 is 6.03 Å². The number of amides is 2. The Hall–Kier alpha value is -2.30. The van der Waals surface area contributed by atoms with Crippen LogP contribution in [0, 0.1) is 13.8 Å². The summed E-state index contributed by atoms with van der Waals surface area (Å²) < 4.78 is 5.56. The number of aryl methyl sites for hydroxylation is 2. The summed E-state index contributed by atoms with van der Waals surface area (Å²) in [6.07, 6.45) is 5.87. The first-order valence-electron chi connectivity index (χ1n) is 8.20. The van der Waals surface area contributed by atoms with Gasteiger partial charge in [-0.05, 0) is 56.5 Å². The third kappa shape index (κ3) is 3.73. The molecule has 122 valence electrons. The van der Waals surface area contributed by atoms with Gasteiger partial charge in [-0.15, -0.1) is 0 Å². The normalized spacial score (nSPS) is 18.5. The van der Waals surface area contributed by atoms with Gasteiger partial charge in [0.15, 0.2) is 0 Å². The molecule has 2 amide bonds. The molecule has 1 aliphatic rings. The van der Waals surface area contributed by atoms with E-state index < -0.39 is 0 Å². The van der Waals surface area contributed by atoms with Gasteiger partial charge < -0.3 is 9.32 Å². The average Bonchev–Trinajstić information content (AvgIpc) is 2.90. The first kappa shape index (κ1) is 15.6. The molecular formula is C18H23N3O2. The second-order valence-corrected chi connectivity index (χ2v) is 6.18. The summed E-state index contributed by atoms with van der Waals surface area (Å²) in [7, 11) is 0. The van der Waals surface area contributed by atoms with Crippen molar-refractivity contribution in [3.63, 3.8) is 0 Å². The zero-order valence-corrected chi connectivity index (χ0v) is 13.7. The number of hydrogen-bond donors (Lipinski definition) is 1. The molecule has 1 saturated heterocycles. The van der Waals surface area contributed by atoms with Crippen molar-refractivity contribution in [3.8, 4) is 0 Å². The fourth-order valence-corrected chi connectivity index (χ4v) is 3.21. The summed E-state index contributed by atoms with van der Waals surface area (Å²) in [5, 5.41) is 2.95. The summed E-state index contributed by atoms with van der Waals surface area (Å²) in [5.74, 6) is 1.46. The number of hydrogen-bond acceptors (Lipinski definition) is 3. The first-order valence-corrected chi connectivity index (χ1v) is 8.20. The fraction of sp³-hybridized carbons (Fsp3) is 0.444. The zero-order valence-electron chi connectivity index (χ0n) is 13.7. The van der Waals surface area contributed by atoms with Crippen molar-refractivity contribution in [3.05, 3.63) is 47.5 Å². The van der Waals surface area contributed by atoms with Crippen LogP contribution in [0.25, 0.3) is 0 Å². The molecule has 1 atom stereocenters. The van der Waals surface area contributed by atoms with Crippen molar-refractivity contribution >= 4 is 11.8 Å². The molecule has 3 rings (SSSR count). The number of carbonyl (C=O) groups excluding carboxylic acids is 1. The van der Waals surface area contributed by atoms with Gasteiger partial charge in [-0.1, -0.05) is 12.8 Å². The molecule has 1 fully saturated rings. The molecule has 0 spiro atoms. The summed E-state index contributed by atoms with van der Waals surface area (Å²) in [4.78, 5) is 19.1. The summed E-state index contributed by atoms with van der Waals surface area (Å²) in [6.45, 7) is 4.67. The molecule has 5 heteroatoms. The monoisotopic (exact) mass is 313 g/mol. The molecule has 5 nitrogen and oxygen atoms in total. The number of aromatic nitrogens is 1. The molecule has 2 aromatic rings. The van der Waals surface area contributed by atoms with E-state index in [0.29, 0.717) is 5.82 Å². The van der Waals surface area contributed by atoms with Gasteiger partial charge in [0, 0.05) is 12.2 Å². The molecule has 0 bridgehead atoms. The van der Waals surface area contributed by atoms with Crippen LogP contribution in [0.1, 0.15) is 48.7 Å². The van der Waals surface area contributed by atoms with Crippen LogP contribution in [0.5, 0.6) is 0 Å². The van der Waals surface area contributed by atoms with Crippen LogP contribution in [0.2, 0.25) is 0 Å². The Labute approximate surface area is 136 Å². The van der Waals surface area contributed by atoms with Crippen LogP contribution < -0.4 is 5.32 Å². The lowest BCUT2D eigenvalue weighted by Crippen LogP contribution is -2.38. The van der Waals surface area contributed by atoms with Crippen molar-refractivity contribution in [1.29, 1.82) is 0 Å². The Morgan fingerprint density at radius 1 is 1.30 bits per heavy atom.